The van der Waals surface area contributed by atoms with E-state index in [9.17, 15) is 4.39 Å². The van der Waals surface area contributed by atoms with Crippen molar-refractivity contribution in [2.45, 2.75) is 25.2 Å². The second-order valence-electron chi connectivity index (χ2n) is 4.69. The zero-order chi connectivity index (χ0) is 13.4. The van der Waals surface area contributed by atoms with Gasteiger partial charge in [-0.05, 0) is 37.0 Å². The van der Waals surface area contributed by atoms with Gasteiger partial charge < -0.3 is 0 Å². The predicted molar refractivity (Wildman–Crippen MR) is 74.0 cm³/mol. The summed E-state index contributed by atoms with van der Waals surface area (Å²) >= 11 is 12.0. The SMILES string of the molecule is Fc1ccc(Cl)cc1-c1ncc(C2CCC2)c(Cl)n1. The van der Waals surface area contributed by atoms with E-state index in [1.807, 2.05) is 0 Å². The van der Waals surface area contributed by atoms with Crippen molar-refractivity contribution in [2.24, 2.45) is 0 Å². The zero-order valence-corrected chi connectivity index (χ0v) is 11.5. The second kappa shape index (κ2) is 5.06. The van der Waals surface area contributed by atoms with Crippen molar-refractivity contribution in [1.29, 1.82) is 0 Å². The molecule has 1 aromatic heterocycles. The van der Waals surface area contributed by atoms with E-state index in [0.717, 1.165) is 18.4 Å². The summed E-state index contributed by atoms with van der Waals surface area (Å²) in [6.45, 7) is 0. The Labute approximate surface area is 120 Å². The molecule has 0 aliphatic heterocycles. The Morgan fingerprint density at radius 2 is 2.00 bits per heavy atom. The summed E-state index contributed by atoms with van der Waals surface area (Å²) in [7, 11) is 0. The van der Waals surface area contributed by atoms with Crippen LogP contribution in [0.4, 0.5) is 4.39 Å². The van der Waals surface area contributed by atoms with Crippen LogP contribution in [0.3, 0.4) is 0 Å². The Kier molecular flexibility index (Phi) is 3.42. The molecule has 1 saturated carbocycles. The largest absolute Gasteiger partial charge is 0.236 e. The average molecular weight is 297 g/mol. The Morgan fingerprint density at radius 1 is 1.21 bits per heavy atom. The quantitative estimate of drug-likeness (QED) is 0.740. The van der Waals surface area contributed by atoms with Gasteiger partial charge >= 0.3 is 0 Å². The maximum Gasteiger partial charge on any atom is 0.163 e. The minimum atomic E-state index is -0.406. The summed E-state index contributed by atoms with van der Waals surface area (Å²) in [5.41, 5.74) is 1.23. The number of rotatable bonds is 2. The third-order valence-electron chi connectivity index (χ3n) is 3.48. The van der Waals surface area contributed by atoms with E-state index < -0.39 is 5.82 Å². The molecular formula is C14H11Cl2FN2. The molecule has 0 spiro atoms. The van der Waals surface area contributed by atoms with Gasteiger partial charge in [0.2, 0.25) is 0 Å². The van der Waals surface area contributed by atoms with Crippen molar-refractivity contribution < 1.29 is 4.39 Å². The van der Waals surface area contributed by atoms with E-state index in [1.165, 1.54) is 24.6 Å². The summed E-state index contributed by atoms with van der Waals surface area (Å²) in [6.07, 6.45) is 5.16. The lowest BCUT2D eigenvalue weighted by Gasteiger charge is -2.25. The van der Waals surface area contributed by atoms with Crippen molar-refractivity contribution >= 4 is 23.2 Å². The van der Waals surface area contributed by atoms with Crippen LogP contribution in [0.2, 0.25) is 10.2 Å². The van der Waals surface area contributed by atoms with Crippen LogP contribution in [0.1, 0.15) is 30.7 Å². The van der Waals surface area contributed by atoms with Crippen molar-refractivity contribution in [3.05, 3.63) is 46.0 Å². The van der Waals surface area contributed by atoms with Crippen LogP contribution in [0.15, 0.2) is 24.4 Å². The predicted octanol–water partition coefficient (Wildman–Crippen LogP) is 4.86. The molecule has 0 radical (unpaired) electrons. The van der Waals surface area contributed by atoms with Crippen LogP contribution in [0.5, 0.6) is 0 Å². The highest BCUT2D eigenvalue weighted by atomic mass is 35.5. The van der Waals surface area contributed by atoms with Gasteiger partial charge in [0, 0.05) is 16.8 Å². The number of halogens is 3. The van der Waals surface area contributed by atoms with E-state index in [2.05, 4.69) is 9.97 Å². The molecule has 1 aliphatic carbocycles. The third kappa shape index (κ3) is 2.45. The van der Waals surface area contributed by atoms with Gasteiger partial charge in [-0.2, -0.15) is 0 Å². The van der Waals surface area contributed by atoms with Crippen LogP contribution < -0.4 is 0 Å². The van der Waals surface area contributed by atoms with Gasteiger partial charge in [-0.3, -0.25) is 0 Å². The zero-order valence-electron chi connectivity index (χ0n) is 10.0. The first-order valence-corrected chi connectivity index (χ1v) is 6.88. The summed E-state index contributed by atoms with van der Waals surface area (Å²) in [5.74, 6) is 0.315. The lowest BCUT2D eigenvalue weighted by atomic mass is 9.81. The van der Waals surface area contributed by atoms with Crippen molar-refractivity contribution in [2.75, 3.05) is 0 Å². The Morgan fingerprint density at radius 3 is 2.63 bits per heavy atom. The fraction of sp³-hybridized carbons (Fsp3) is 0.286. The summed E-state index contributed by atoms with van der Waals surface area (Å²) in [6, 6.07) is 4.30. The third-order valence-corrected chi connectivity index (χ3v) is 4.02. The highest BCUT2D eigenvalue weighted by Gasteiger charge is 2.23. The van der Waals surface area contributed by atoms with Gasteiger partial charge in [0.1, 0.15) is 11.0 Å². The number of benzene rings is 1. The number of nitrogens with zero attached hydrogens (tertiary/aromatic N) is 2. The molecule has 19 heavy (non-hydrogen) atoms. The first kappa shape index (κ1) is 12.8. The molecule has 1 fully saturated rings. The topological polar surface area (TPSA) is 25.8 Å². The van der Waals surface area contributed by atoms with E-state index in [0.29, 0.717) is 16.1 Å². The minimum Gasteiger partial charge on any atom is -0.236 e. The molecule has 0 atom stereocenters. The smallest absolute Gasteiger partial charge is 0.163 e. The summed E-state index contributed by atoms with van der Waals surface area (Å²) < 4.78 is 13.7. The molecule has 0 bridgehead atoms. The molecule has 1 heterocycles. The van der Waals surface area contributed by atoms with Gasteiger partial charge in [-0.1, -0.05) is 29.6 Å². The molecule has 0 unspecified atom stereocenters. The fourth-order valence-corrected chi connectivity index (χ4v) is 2.62. The molecule has 0 amide bonds. The van der Waals surface area contributed by atoms with Crippen molar-refractivity contribution in [1.82, 2.24) is 9.97 Å². The lowest BCUT2D eigenvalue weighted by molar-refractivity contribution is 0.418. The van der Waals surface area contributed by atoms with Gasteiger partial charge in [-0.25, -0.2) is 14.4 Å². The average Bonchev–Trinajstić information content (AvgIpc) is 2.32. The van der Waals surface area contributed by atoms with E-state index in [-0.39, 0.29) is 11.4 Å². The summed E-state index contributed by atoms with van der Waals surface area (Å²) in [4.78, 5) is 8.42. The Bertz CT molecular complexity index is 627. The normalized spacial score (nSPS) is 15.3. The van der Waals surface area contributed by atoms with Gasteiger partial charge in [0.25, 0.3) is 0 Å². The van der Waals surface area contributed by atoms with Crippen LogP contribution in [-0.2, 0) is 0 Å². The highest BCUT2D eigenvalue weighted by molar-refractivity contribution is 6.31. The molecule has 98 valence electrons. The molecule has 2 nitrogen and oxygen atoms in total. The Balaban J connectivity index is 2.01. The molecule has 2 aromatic rings. The van der Waals surface area contributed by atoms with Gasteiger partial charge in [0.15, 0.2) is 5.82 Å². The van der Waals surface area contributed by atoms with Crippen LogP contribution in [0, 0.1) is 5.82 Å². The maximum absolute atomic E-state index is 13.7. The maximum atomic E-state index is 13.7. The van der Waals surface area contributed by atoms with Gasteiger partial charge in [0.05, 0.1) is 5.56 Å². The first-order chi connectivity index (χ1) is 9.15. The molecule has 0 saturated heterocycles. The van der Waals surface area contributed by atoms with Crippen molar-refractivity contribution in [3.8, 4) is 11.4 Å². The second-order valence-corrected chi connectivity index (χ2v) is 5.49. The standard InChI is InChI=1S/C14H11Cl2FN2/c15-9-4-5-12(17)10(6-9)14-18-7-11(13(16)19-14)8-2-1-3-8/h4-8H,1-3H2. The number of hydrogen-bond donors (Lipinski definition) is 0. The monoisotopic (exact) mass is 296 g/mol. The van der Waals surface area contributed by atoms with Crippen LogP contribution in [0.25, 0.3) is 11.4 Å². The van der Waals surface area contributed by atoms with E-state index in [1.54, 1.807) is 6.20 Å². The molecule has 5 heteroatoms. The van der Waals surface area contributed by atoms with Gasteiger partial charge in [-0.15, -0.1) is 0 Å². The highest BCUT2D eigenvalue weighted by Crippen LogP contribution is 2.39. The fourth-order valence-electron chi connectivity index (χ4n) is 2.16. The lowest BCUT2D eigenvalue weighted by Crippen LogP contribution is -2.10. The summed E-state index contributed by atoms with van der Waals surface area (Å²) in [5, 5.41) is 0.855. The Hall–Kier alpha value is -1.19. The number of aromatic nitrogens is 2. The molecular weight excluding hydrogens is 286 g/mol. The van der Waals surface area contributed by atoms with E-state index in [4.69, 9.17) is 23.2 Å². The van der Waals surface area contributed by atoms with Crippen LogP contribution in [-0.4, -0.2) is 9.97 Å². The van der Waals surface area contributed by atoms with E-state index >= 15 is 0 Å². The molecule has 3 rings (SSSR count). The molecule has 1 aromatic carbocycles. The number of hydrogen-bond acceptors (Lipinski definition) is 2. The first-order valence-electron chi connectivity index (χ1n) is 6.13. The van der Waals surface area contributed by atoms with Crippen LogP contribution >= 0.6 is 23.2 Å². The van der Waals surface area contributed by atoms with Crippen molar-refractivity contribution in [3.63, 3.8) is 0 Å². The molecule has 1 aliphatic rings. The minimum absolute atomic E-state index is 0.271. The molecule has 0 N–H and O–H groups in total.